The van der Waals surface area contributed by atoms with Crippen LogP contribution in [0, 0.1) is 18.3 Å². The topological polar surface area (TPSA) is 151 Å². The quantitative estimate of drug-likeness (QED) is 0.372. The first-order valence-electron chi connectivity index (χ1n) is 12.4. The van der Waals surface area contributed by atoms with Crippen molar-refractivity contribution in [3.05, 3.63) is 63.1 Å². The van der Waals surface area contributed by atoms with Gasteiger partial charge in [0.15, 0.2) is 10.1 Å². The van der Waals surface area contributed by atoms with E-state index in [1.54, 1.807) is 4.90 Å². The molecule has 1 atom stereocenters. The fourth-order valence-electron chi connectivity index (χ4n) is 4.69. The van der Waals surface area contributed by atoms with Gasteiger partial charge in [-0.25, -0.2) is 0 Å². The molecule has 3 aromatic rings. The Kier molecular flexibility index (Phi) is 7.79. The van der Waals surface area contributed by atoms with Gasteiger partial charge in [-0.1, -0.05) is 72.5 Å². The van der Waals surface area contributed by atoms with Gasteiger partial charge in [0.2, 0.25) is 16.2 Å². The molecule has 10 nitrogen and oxygen atoms in total. The third-order valence-electron chi connectivity index (χ3n) is 6.54. The number of benzene rings is 1. The van der Waals surface area contributed by atoms with E-state index >= 15 is 0 Å². The Labute approximate surface area is 238 Å². The second-order valence-electron chi connectivity index (χ2n) is 9.45. The summed E-state index contributed by atoms with van der Waals surface area (Å²) in [6.07, 6.45) is 1.74. The number of nitrogens with zero attached hydrogens (tertiary/aromatic N) is 6. The lowest BCUT2D eigenvalue weighted by atomic mass is 9.75. The molecule has 0 spiro atoms. The van der Waals surface area contributed by atoms with Gasteiger partial charge < -0.3 is 5.73 Å². The van der Waals surface area contributed by atoms with E-state index in [0.29, 0.717) is 50.9 Å². The Hall–Kier alpha value is -3.60. The molecule has 3 N–H and O–H groups in total. The smallest absolute Gasteiger partial charge is 0.236 e. The highest BCUT2D eigenvalue weighted by molar-refractivity contribution is 8.01. The molecule has 1 aromatic carbocycles. The maximum absolute atomic E-state index is 13.3. The van der Waals surface area contributed by atoms with Crippen molar-refractivity contribution >= 4 is 56.4 Å². The summed E-state index contributed by atoms with van der Waals surface area (Å²) < 4.78 is 0.565. The molecule has 1 unspecified atom stereocenters. The zero-order valence-corrected chi connectivity index (χ0v) is 24.0. The van der Waals surface area contributed by atoms with Gasteiger partial charge in [0.1, 0.15) is 10.8 Å². The molecule has 0 fully saturated rings. The SMILES string of the molecule is Cc1nnc(NC(=O)CSc2nnc(N3C(N)=C(C#N)C(c4ccc(C(C)C)cc4)C4=C3CCCC4=O)s2)s1. The van der Waals surface area contributed by atoms with Gasteiger partial charge >= 0.3 is 0 Å². The largest absolute Gasteiger partial charge is 0.384 e. The van der Waals surface area contributed by atoms with E-state index in [1.807, 2.05) is 31.2 Å². The predicted octanol–water partition coefficient (Wildman–Crippen LogP) is 4.86. The van der Waals surface area contributed by atoms with Crippen molar-refractivity contribution in [2.45, 2.75) is 56.2 Å². The molecule has 0 radical (unpaired) electrons. The first-order chi connectivity index (χ1) is 18.8. The van der Waals surface area contributed by atoms with Crippen LogP contribution in [-0.2, 0) is 9.59 Å². The van der Waals surface area contributed by atoms with E-state index in [-0.39, 0.29) is 23.3 Å². The fourth-order valence-corrected chi connectivity index (χ4v) is 6.98. The number of Topliss-reactive ketones (excluding diaryl/α,β-unsaturated/α-hetero) is 1. The van der Waals surface area contributed by atoms with E-state index in [0.717, 1.165) is 16.3 Å². The van der Waals surface area contributed by atoms with Gasteiger partial charge in [-0.05, 0) is 36.8 Å². The number of nitrogens with one attached hydrogen (secondary N) is 1. The number of nitrogens with two attached hydrogens (primary N) is 1. The molecule has 0 bridgehead atoms. The summed E-state index contributed by atoms with van der Waals surface area (Å²) >= 11 is 3.80. The molecule has 3 heterocycles. The highest BCUT2D eigenvalue weighted by Gasteiger charge is 2.41. The standard InChI is InChI=1S/C26H26N8O2S3/c1-13(2)15-7-9-16(10-8-15)21-17(11-27)23(28)34(18-5-4-6-19(35)22(18)21)25-32-33-26(39-25)37-12-20(36)29-24-31-30-14(3)38-24/h7-10,13,21H,4-6,12,28H2,1-3H3,(H,29,31,36). The summed E-state index contributed by atoms with van der Waals surface area (Å²) in [5, 5.41) is 30.9. The summed E-state index contributed by atoms with van der Waals surface area (Å²) in [6, 6.07) is 10.3. The first-order valence-corrected chi connectivity index (χ1v) is 15.0. The van der Waals surface area contributed by atoms with E-state index in [1.165, 1.54) is 40.0 Å². The van der Waals surface area contributed by atoms with Crippen molar-refractivity contribution in [1.29, 1.82) is 5.26 Å². The average Bonchev–Trinajstić information content (AvgIpc) is 3.55. The number of carbonyl (C=O) groups is 2. The number of nitriles is 1. The molecule has 1 amide bonds. The molecule has 1 aliphatic carbocycles. The highest BCUT2D eigenvalue weighted by Crippen LogP contribution is 2.47. The molecular weight excluding hydrogens is 553 g/mol. The highest BCUT2D eigenvalue weighted by atomic mass is 32.2. The lowest BCUT2D eigenvalue weighted by molar-refractivity contribution is -0.116. The zero-order chi connectivity index (χ0) is 27.7. The molecule has 13 heteroatoms. The number of hydrogen-bond acceptors (Lipinski definition) is 12. The Bertz CT molecular complexity index is 1530. The number of anilines is 2. The average molecular weight is 579 g/mol. The van der Waals surface area contributed by atoms with Gasteiger partial charge in [0, 0.05) is 17.7 Å². The number of rotatable bonds is 7. The minimum atomic E-state index is -0.523. The molecule has 5 rings (SSSR count). The summed E-state index contributed by atoms with van der Waals surface area (Å²) in [5.41, 5.74) is 10.4. The van der Waals surface area contributed by atoms with Crippen LogP contribution in [0.5, 0.6) is 0 Å². The second kappa shape index (κ2) is 11.3. The lowest BCUT2D eigenvalue weighted by Gasteiger charge is -2.38. The molecule has 0 saturated carbocycles. The Morgan fingerprint density at radius 3 is 2.64 bits per heavy atom. The monoisotopic (exact) mass is 578 g/mol. The van der Waals surface area contributed by atoms with Crippen LogP contribution in [0.4, 0.5) is 10.3 Å². The third-order valence-corrected chi connectivity index (χ3v) is 9.33. The normalized spacial score (nSPS) is 17.5. The number of aryl methyl sites for hydroxylation is 1. The predicted molar refractivity (Wildman–Crippen MR) is 152 cm³/mol. The minimum Gasteiger partial charge on any atom is -0.384 e. The van der Waals surface area contributed by atoms with Gasteiger partial charge in [-0.3, -0.25) is 19.8 Å². The van der Waals surface area contributed by atoms with Crippen LogP contribution in [0.15, 0.2) is 51.3 Å². The van der Waals surface area contributed by atoms with Crippen molar-refractivity contribution in [3.8, 4) is 6.07 Å². The second-order valence-corrected chi connectivity index (χ2v) is 12.8. The summed E-state index contributed by atoms with van der Waals surface area (Å²) in [5.74, 6) is -0.00526. The lowest BCUT2D eigenvalue weighted by Crippen LogP contribution is -2.38. The van der Waals surface area contributed by atoms with Crippen molar-refractivity contribution in [2.24, 2.45) is 5.73 Å². The van der Waals surface area contributed by atoms with Crippen LogP contribution in [0.3, 0.4) is 0 Å². The van der Waals surface area contributed by atoms with Gasteiger partial charge in [-0.15, -0.1) is 20.4 Å². The minimum absolute atomic E-state index is 0.0159. The Morgan fingerprint density at radius 1 is 1.21 bits per heavy atom. The molecule has 200 valence electrons. The Balaban J connectivity index is 1.43. The zero-order valence-electron chi connectivity index (χ0n) is 21.6. The molecule has 39 heavy (non-hydrogen) atoms. The molecule has 2 aliphatic rings. The maximum Gasteiger partial charge on any atom is 0.236 e. The molecule has 0 saturated heterocycles. The number of amides is 1. The number of allylic oxidation sites excluding steroid dienone is 3. The van der Waals surface area contributed by atoms with Gasteiger partial charge in [-0.2, -0.15) is 5.26 Å². The van der Waals surface area contributed by atoms with Crippen LogP contribution >= 0.6 is 34.4 Å². The summed E-state index contributed by atoms with van der Waals surface area (Å²) in [6.45, 7) is 6.06. The number of carbonyl (C=O) groups excluding carboxylic acids is 2. The number of aromatic nitrogens is 4. The van der Waals surface area contributed by atoms with Gasteiger partial charge in [0.25, 0.3) is 0 Å². The van der Waals surface area contributed by atoms with E-state index in [4.69, 9.17) is 5.73 Å². The van der Waals surface area contributed by atoms with E-state index in [2.05, 4.69) is 45.6 Å². The number of thioether (sulfide) groups is 1. The van der Waals surface area contributed by atoms with Crippen molar-refractivity contribution in [1.82, 2.24) is 20.4 Å². The Morgan fingerprint density at radius 2 is 1.97 bits per heavy atom. The molecule has 1 aliphatic heterocycles. The fraction of sp³-hybridized carbons (Fsp3) is 0.346. The van der Waals surface area contributed by atoms with Crippen molar-refractivity contribution < 1.29 is 9.59 Å². The van der Waals surface area contributed by atoms with Crippen molar-refractivity contribution in [2.75, 3.05) is 16.0 Å². The van der Waals surface area contributed by atoms with Gasteiger partial charge in [0.05, 0.1) is 23.3 Å². The van der Waals surface area contributed by atoms with Crippen molar-refractivity contribution in [3.63, 3.8) is 0 Å². The van der Waals surface area contributed by atoms with E-state index < -0.39 is 5.92 Å². The van der Waals surface area contributed by atoms with Crippen LogP contribution < -0.4 is 16.0 Å². The molecule has 2 aromatic heterocycles. The number of hydrogen-bond donors (Lipinski definition) is 2. The molecular formula is C26H26N8O2S3. The first kappa shape index (κ1) is 27.0. The van der Waals surface area contributed by atoms with Crippen LogP contribution in [0.2, 0.25) is 0 Å². The van der Waals surface area contributed by atoms with Crippen LogP contribution in [0.1, 0.15) is 61.1 Å². The van der Waals surface area contributed by atoms with Crippen LogP contribution in [-0.4, -0.2) is 37.8 Å². The summed E-state index contributed by atoms with van der Waals surface area (Å²) in [7, 11) is 0. The maximum atomic E-state index is 13.3. The number of ketones is 1. The summed E-state index contributed by atoms with van der Waals surface area (Å²) in [4.78, 5) is 27.4. The third kappa shape index (κ3) is 5.45. The van der Waals surface area contributed by atoms with E-state index in [9.17, 15) is 14.9 Å². The van der Waals surface area contributed by atoms with Crippen LogP contribution in [0.25, 0.3) is 0 Å².